The van der Waals surface area contributed by atoms with Crippen LogP contribution >= 0.6 is 15.9 Å². The maximum atomic E-state index is 5.55. The molecule has 4 heteroatoms. The van der Waals surface area contributed by atoms with E-state index in [1.807, 2.05) is 12.3 Å². The minimum Gasteiger partial charge on any atom is -0.497 e. The normalized spacial score (nSPS) is 26.5. The lowest BCUT2D eigenvalue weighted by Gasteiger charge is -2.52. The number of benzene rings is 2. The molecule has 0 saturated carbocycles. The monoisotopic (exact) mass is 462 g/mol. The largest absolute Gasteiger partial charge is 0.497 e. The maximum absolute atomic E-state index is 5.55. The Morgan fingerprint density at radius 2 is 2.03 bits per heavy atom. The average molecular weight is 463 g/mol. The molecule has 0 aliphatic carbocycles. The molecule has 6 rings (SSSR count). The van der Waals surface area contributed by atoms with Gasteiger partial charge in [0.15, 0.2) is 0 Å². The summed E-state index contributed by atoms with van der Waals surface area (Å²) in [6.45, 7) is 6.41. The number of methoxy groups -OCH3 is 1. The molecule has 0 amide bonds. The summed E-state index contributed by atoms with van der Waals surface area (Å²) >= 11 is 3.61. The van der Waals surface area contributed by atoms with Crippen LogP contribution in [0.3, 0.4) is 0 Å². The molecule has 3 aliphatic heterocycles. The van der Waals surface area contributed by atoms with Gasteiger partial charge < -0.3 is 4.74 Å². The van der Waals surface area contributed by atoms with Crippen LogP contribution in [0.25, 0.3) is 10.9 Å². The van der Waals surface area contributed by atoms with Crippen LogP contribution in [0.1, 0.15) is 29.9 Å². The van der Waals surface area contributed by atoms with Crippen molar-refractivity contribution in [3.05, 3.63) is 83.0 Å². The van der Waals surface area contributed by atoms with E-state index in [0.717, 1.165) is 28.2 Å². The first kappa shape index (κ1) is 19.8. The van der Waals surface area contributed by atoms with Gasteiger partial charge in [-0.05, 0) is 78.7 Å². The van der Waals surface area contributed by atoms with E-state index in [1.165, 1.54) is 35.9 Å². The van der Waals surface area contributed by atoms with Gasteiger partial charge in [0.1, 0.15) is 5.75 Å². The summed E-state index contributed by atoms with van der Waals surface area (Å²) in [7, 11) is 1.73. The summed E-state index contributed by atoms with van der Waals surface area (Å²) in [6.07, 6.45) is 6.63. The van der Waals surface area contributed by atoms with Crippen LogP contribution < -0.4 is 4.74 Å². The first-order chi connectivity index (χ1) is 14.7. The number of pyridine rings is 1. The number of halogens is 1. The van der Waals surface area contributed by atoms with Crippen molar-refractivity contribution in [2.75, 3.05) is 20.2 Å². The Hall–Kier alpha value is -2.17. The van der Waals surface area contributed by atoms with Gasteiger partial charge in [0.2, 0.25) is 0 Å². The molecule has 2 bridgehead atoms. The van der Waals surface area contributed by atoms with Crippen LogP contribution in [0, 0.1) is 11.8 Å². The summed E-state index contributed by atoms with van der Waals surface area (Å²) in [5.41, 5.74) is 3.73. The fourth-order valence-electron chi connectivity index (χ4n) is 5.55. The number of ether oxygens (including phenoxy) is 1. The standard InChI is InChI=1S/C26H27BrN2O/c1-3-17-16-29-13-11-19(17)14-25(29)26(18-4-6-20(27)7-5-18)22-10-12-28-24-9-8-21(30-2)15-23(22)24/h3-10,12,15,17,19,25-26H,1,11,13-14,16H2,2H3/t17?,19?,25?,26-/m0/s1. The van der Waals surface area contributed by atoms with Crippen LogP contribution in [-0.4, -0.2) is 36.1 Å². The molecule has 5 atom stereocenters. The highest BCUT2D eigenvalue weighted by Crippen LogP contribution is 2.45. The summed E-state index contributed by atoms with van der Waals surface area (Å²) < 4.78 is 6.66. The van der Waals surface area contributed by atoms with Gasteiger partial charge in [-0.3, -0.25) is 9.88 Å². The summed E-state index contributed by atoms with van der Waals surface area (Å²) in [5, 5.41) is 1.19. The molecule has 3 saturated heterocycles. The lowest BCUT2D eigenvalue weighted by Crippen LogP contribution is -2.55. The van der Waals surface area contributed by atoms with Crippen LogP contribution in [0.5, 0.6) is 5.75 Å². The van der Waals surface area contributed by atoms with Crippen molar-refractivity contribution in [2.24, 2.45) is 11.8 Å². The molecule has 1 aromatic heterocycles. The van der Waals surface area contributed by atoms with Crippen molar-refractivity contribution in [3.63, 3.8) is 0 Å². The molecule has 0 spiro atoms. The second kappa shape index (κ2) is 8.16. The van der Waals surface area contributed by atoms with Crippen molar-refractivity contribution < 1.29 is 4.74 Å². The van der Waals surface area contributed by atoms with Crippen molar-refractivity contribution in [1.82, 2.24) is 9.88 Å². The van der Waals surface area contributed by atoms with E-state index in [0.29, 0.717) is 17.9 Å². The van der Waals surface area contributed by atoms with E-state index >= 15 is 0 Å². The third-order valence-corrected chi connectivity index (χ3v) is 7.61. The first-order valence-electron chi connectivity index (χ1n) is 10.7. The molecular formula is C26H27BrN2O. The number of fused-ring (bicyclic) bond motifs is 4. The van der Waals surface area contributed by atoms with Gasteiger partial charge in [0, 0.05) is 34.6 Å². The number of aromatic nitrogens is 1. The van der Waals surface area contributed by atoms with Gasteiger partial charge in [-0.1, -0.05) is 34.1 Å². The van der Waals surface area contributed by atoms with E-state index in [2.05, 4.69) is 80.9 Å². The van der Waals surface area contributed by atoms with Crippen LogP contribution in [-0.2, 0) is 0 Å². The zero-order valence-corrected chi connectivity index (χ0v) is 18.9. The van der Waals surface area contributed by atoms with Crippen LogP contribution in [0.2, 0.25) is 0 Å². The van der Waals surface area contributed by atoms with Gasteiger partial charge in [0.25, 0.3) is 0 Å². The number of rotatable bonds is 5. The fraction of sp³-hybridized carbons (Fsp3) is 0.346. The van der Waals surface area contributed by atoms with Crippen molar-refractivity contribution in [1.29, 1.82) is 0 Å². The second-order valence-corrected chi connectivity index (χ2v) is 9.47. The molecule has 3 nitrogen and oxygen atoms in total. The van der Waals surface area contributed by atoms with Gasteiger partial charge in [0.05, 0.1) is 12.6 Å². The highest BCUT2D eigenvalue weighted by Gasteiger charge is 2.43. The lowest BCUT2D eigenvalue weighted by molar-refractivity contribution is 0.0121. The highest BCUT2D eigenvalue weighted by molar-refractivity contribution is 9.10. The Labute approximate surface area is 186 Å². The molecule has 0 N–H and O–H groups in total. The van der Waals surface area contributed by atoms with Gasteiger partial charge in [-0.25, -0.2) is 0 Å². The predicted molar refractivity (Wildman–Crippen MR) is 126 cm³/mol. The summed E-state index contributed by atoms with van der Waals surface area (Å²) in [4.78, 5) is 7.34. The molecular weight excluding hydrogens is 436 g/mol. The fourth-order valence-corrected chi connectivity index (χ4v) is 5.81. The van der Waals surface area contributed by atoms with Gasteiger partial charge >= 0.3 is 0 Å². The molecule has 30 heavy (non-hydrogen) atoms. The van der Waals surface area contributed by atoms with E-state index < -0.39 is 0 Å². The first-order valence-corrected chi connectivity index (χ1v) is 11.5. The van der Waals surface area contributed by atoms with E-state index in [4.69, 9.17) is 4.74 Å². The number of hydrogen-bond donors (Lipinski definition) is 0. The van der Waals surface area contributed by atoms with E-state index in [1.54, 1.807) is 7.11 Å². The van der Waals surface area contributed by atoms with Crippen LogP contribution in [0.15, 0.2) is 71.9 Å². The molecule has 2 aromatic carbocycles. The topological polar surface area (TPSA) is 25.4 Å². The highest BCUT2D eigenvalue weighted by atomic mass is 79.9. The summed E-state index contributed by atoms with van der Waals surface area (Å²) in [5.74, 6) is 2.53. The Morgan fingerprint density at radius 1 is 1.20 bits per heavy atom. The van der Waals surface area contributed by atoms with E-state index in [9.17, 15) is 0 Å². The minimum absolute atomic E-state index is 0.296. The predicted octanol–water partition coefficient (Wildman–Crippen LogP) is 6.03. The summed E-state index contributed by atoms with van der Waals surface area (Å²) in [6, 6.07) is 17.8. The zero-order chi connectivity index (χ0) is 20.7. The Balaban J connectivity index is 1.66. The third kappa shape index (κ3) is 3.46. The smallest absolute Gasteiger partial charge is 0.119 e. The number of piperidine rings is 3. The number of nitrogens with zero attached hydrogens (tertiary/aromatic N) is 2. The quantitative estimate of drug-likeness (QED) is 0.432. The second-order valence-electron chi connectivity index (χ2n) is 8.56. The number of hydrogen-bond acceptors (Lipinski definition) is 3. The lowest BCUT2D eigenvalue weighted by atomic mass is 9.69. The molecule has 4 unspecified atom stereocenters. The molecule has 3 aromatic rings. The van der Waals surface area contributed by atoms with Crippen molar-refractivity contribution in [2.45, 2.75) is 24.8 Å². The van der Waals surface area contributed by atoms with Crippen molar-refractivity contribution >= 4 is 26.8 Å². The minimum atomic E-state index is 0.296. The average Bonchev–Trinajstić information content (AvgIpc) is 2.80. The molecule has 0 radical (unpaired) electrons. The molecule has 3 aliphatic rings. The van der Waals surface area contributed by atoms with Crippen LogP contribution in [0.4, 0.5) is 0 Å². The SMILES string of the molecule is C=CC1CN2CCC1CC2[C@@H](c1ccc(Br)cc1)c1ccnc2ccc(OC)cc12. The Bertz CT molecular complexity index is 1060. The maximum Gasteiger partial charge on any atom is 0.119 e. The Kier molecular flexibility index (Phi) is 5.38. The van der Waals surface area contributed by atoms with Crippen molar-refractivity contribution in [3.8, 4) is 5.75 Å². The van der Waals surface area contributed by atoms with E-state index in [-0.39, 0.29) is 0 Å². The molecule has 4 heterocycles. The van der Waals surface area contributed by atoms with Gasteiger partial charge in [-0.2, -0.15) is 0 Å². The molecule has 3 fully saturated rings. The Morgan fingerprint density at radius 3 is 2.73 bits per heavy atom. The molecule has 154 valence electrons. The van der Waals surface area contributed by atoms with Gasteiger partial charge in [-0.15, -0.1) is 6.58 Å². The zero-order valence-electron chi connectivity index (χ0n) is 17.3. The third-order valence-electron chi connectivity index (χ3n) is 7.09.